The molecule has 4 nitrogen and oxygen atoms in total. The predicted molar refractivity (Wildman–Crippen MR) is 82.2 cm³/mol. The highest BCUT2D eigenvalue weighted by molar-refractivity contribution is 5.79. The van der Waals surface area contributed by atoms with Crippen LogP contribution in [0.3, 0.4) is 0 Å². The Morgan fingerprint density at radius 3 is 3.04 bits per heavy atom. The smallest absolute Gasteiger partial charge is 0.248 e. The van der Waals surface area contributed by atoms with Crippen molar-refractivity contribution in [1.82, 2.24) is 10.5 Å². The number of hydrogen-bond acceptors (Lipinski definition) is 3. The van der Waals surface area contributed by atoms with Gasteiger partial charge in [0.2, 0.25) is 11.8 Å². The van der Waals surface area contributed by atoms with Gasteiger partial charge in [0.15, 0.2) is 5.58 Å². The minimum atomic E-state index is -2.64. The molecule has 1 unspecified atom stereocenters. The molecule has 1 N–H and O–H groups in total. The zero-order chi connectivity index (χ0) is 17.2. The fourth-order valence-corrected chi connectivity index (χ4v) is 3.25. The van der Waals surface area contributed by atoms with Gasteiger partial charge in [0.1, 0.15) is 5.82 Å². The zero-order valence-electron chi connectivity index (χ0n) is 13.2. The van der Waals surface area contributed by atoms with Gasteiger partial charge < -0.3 is 9.84 Å². The minimum Gasteiger partial charge on any atom is -0.356 e. The zero-order valence-corrected chi connectivity index (χ0v) is 13.2. The largest absolute Gasteiger partial charge is 0.356 e. The van der Waals surface area contributed by atoms with Gasteiger partial charge in [-0.2, -0.15) is 0 Å². The number of hydrogen-bond donors (Lipinski definition) is 1. The van der Waals surface area contributed by atoms with E-state index in [1.165, 1.54) is 12.1 Å². The third kappa shape index (κ3) is 4.07. The van der Waals surface area contributed by atoms with Gasteiger partial charge in [-0.1, -0.05) is 5.16 Å². The number of nitrogens with zero attached hydrogens (tertiary/aromatic N) is 1. The molecule has 0 saturated heterocycles. The van der Waals surface area contributed by atoms with E-state index in [2.05, 4.69) is 10.5 Å². The van der Waals surface area contributed by atoms with Crippen LogP contribution in [0.4, 0.5) is 13.2 Å². The minimum absolute atomic E-state index is 0.0784. The number of alkyl halides is 2. The summed E-state index contributed by atoms with van der Waals surface area (Å²) in [5.74, 6) is -3.53. The molecule has 1 aliphatic carbocycles. The van der Waals surface area contributed by atoms with Crippen molar-refractivity contribution in [3.05, 3.63) is 29.7 Å². The van der Waals surface area contributed by atoms with Gasteiger partial charge in [-0.25, -0.2) is 13.2 Å². The van der Waals surface area contributed by atoms with Gasteiger partial charge in [0.05, 0.1) is 5.69 Å². The first-order valence-corrected chi connectivity index (χ1v) is 8.11. The topological polar surface area (TPSA) is 55.1 Å². The van der Waals surface area contributed by atoms with E-state index < -0.39 is 11.7 Å². The van der Waals surface area contributed by atoms with Gasteiger partial charge in [-0.3, -0.25) is 4.79 Å². The second-order valence-corrected chi connectivity index (χ2v) is 6.39. The van der Waals surface area contributed by atoms with E-state index >= 15 is 0 Å². The lowest BCUT2D eigenvalue weighted by Crippen LogP contribution is -2.32. The number of halogens is 3. The van der Waals surface area contributed by atoms with Crippen LogP contribution in [0.2, 0.25) is 0 Å². The SMILES string of the molecule is O=C(CC1CCCC(F)(F)C1)NCCc1noc2cc(F)ccc12. The Hall–Kier alpha value is -2.05. The van der Waals surface area contributed by atoms with Crippen LogP contribution in [0.15, 0.2) is 22.7 Å². The Labute approximate surface area is 137 Å². The van der Waals surface area contributed by atoms with Crippen LogP contribution in [-0.4, -0.2) is 23.5 Å². The number of aromatic nitrogens is 1. The average Bonchev–Trinajstić information content (AvgIpc) is 2.88. The quantitative estimate of drug-likeness (QED) is 0.900. The van der Waals surface area contributed by atoms with E-state index in [1.54, 1.807) is 6.07 Å². The van der Waals surface area contributed by atoms with Crippen molar-refractivity contribution in [2.24, 2.45) is 5.92 Å². The monoisotopic (exact) mass is 340 g/mol. The van der Waals surface area contributed by atoms with Crippen molar-refractivity contribution in [1.29, 1.82) is 0 Å². The summed E-state index contributed by atoms with van der Waals surface area (Å²) in [6, 6.07) is 4.17. The Bertz CT molecular complexity index is 730. The van der Waals surface area contributed by atoms with E-state index in [1.807, 2.05) is 0 Å². The molecule has 7 heteroatoms. The number of carbonyl (C=O) groups is 1. The number of fused-ring (bicyclic) bond motifs is 1. The van der Waals surface area contributed by atoms with Crippen LogP contribution < -0.4 is 5.32 Å². The second kappa shape index (κ2) is 6.83. The molecular formula is C17H19F3N2O2. The first kappa shape index (κ1) is 16.8. The van der Waals surface area contributed by atoms with Crippen LogP contribution in [0.25, 0.3) is 11.0 Å². The molecule has 1 amide bonds. The van der Waals surface area contributed by atoms with Crippen LogP contribution in [0.1, 0.15) is 37.8 Å². The Morgan fingerprint density at radius 1 is 1.42 bits per heavy atom. The number of rotatable bonds is 5. The van der Waals surface area contributed by atoms with E-state index in [-0.39, 0.29) is 31.1 Å². The van der Waals surface area contributed by atoms with Gasteiger partial charge in [-0.05, 0) is 30.9 Å². The standard InChI is InChI=1S/C17H19F3N2O2/c18-12-3-4-13-14(22-24-15(13)9-12)5-7-21-16(23)8-11-2-1-6-17(19,20)10-11/h3-4,9,11H,1-2,5-8,10H2,(H,21,23). The average molecular weight is 340 g/mol. The summed E-state index contributed by atoms with van der Waals surface area (Å²) >= 11 is 0. The van der Waals surface area contributed by atoms with Crippen LogP contribution in [-0.2, 0) is 11.2 Å². The maximum atomic E-state index is 13.3. The van der Waals surface area contributed by atoms with Gasteiger partial charge in [0.25, 0.3) is 0 Å². The molecule has 1 aromatic heterocycles. The highest BCUT2D eigenvalue weighted by atomic mass is 19.3. The lowest BCUT2D eigenvalue weighted by atomic mass is 9.84. The summed E-state index contributed by atoms with van der Waals surface area (Å²) in [7, 11) is 0. The van der Waals surface area contributed by atoms with Crippen LogP contribution in [0.5, 0.6) is 0 Å². The number of carbonyl (C=O) groups excluding carboxylic acids is 1. The van der Waals surface area contributed by atoms with Crippen molar-refractivity contribution >= 4 is 16.9 Å². The maximum absolute atomic E-state index is 13.3. The fraction of sp³-hybridized carbons (Fsp3) is 0.529. The molecule has 1 fully saturated rings. The molecular weight excluding hydrogens is 321 g/mol. The lowest BCUT2D eigenvalue weighted by molar-refractivity contribution is -0.123. The number of nitrogens with one attached hydrogen (secondary N) is 1. The summed E-state index contributed by atoms with van der Waals surface area (Å²) in [4.78, 5) is 11.9. The molecule has 1 aliphatic rings. The van der Waals surface area contributed by atoms with Crippen molar-refractivity contribution in [3.8, 4) is 0 Å². The highest BCUT2D eigenvalue weighted by Gasteiger charge is 2.36. The predicted octanol–water partition coefficient (Wildman–Crippen LogP) is 3.84. The third-order valence-corrected chi connectivity index (χ3v) is 4.41. The number of amides is 1. The molecule has 2 aromatic rings. The van der Waals surface area contributed by atoms with Gasteiger partial charge in [0, 0.05) is 43.7 Å². The molecule has 3 rings (SSSR count). The molecule has 0 radical (unpaired) electrons. The normalized spacial score (nSPS) is 20.2. The van der Waals surface area contributed by atoms with E-state index in [0.29, 0.717) is 42.5 Å². The first-order valence-electron chi connectivity index (χ1n) is 8.11. The third-order valence-electron chi connectivity index (χ3n) is 4.41. The summed E-state index contributed by atoms with van der Waals surface area (Å²) in [5.41, 5.74) is 0.996. The van der Waals surface area contributed by atoms with E-state index in [0.717, 1.165) is 0 Å². The highest BCUT2D eigenvalue weighted by Crippen LogP contribution is 2.37. The fourth-order valence-electron chi connectivity index (χ4n) is 3.25. The molecule has 1 saturated carbocycles. The molecule has 24 heavy (non-hydrogen) atoms. The molecule has 1 aromatic carbocycles. The van der Waals surface area contributed by atoms with Crippen molar-refractivity contribution in [3.63, 3.8) is 0 Å². The van der Waals surface area contributed by atoms with Gasteiger partial charge in [-0.15, -0.1) is 0 Å². The second-order valence-electron chi connectivity index (χ2n) is 6.39. The Morgan fingerprint density at radius 2 is 2.25 bits per heavy atom. The van der Waals surface area contributed by atoms with Crippen molar-refractivity contribution in [2.45, 2.75) is 44.4 Å². The van der Waals surface area contributed by atoms with Crippen molar-refractivity contribution in [2.75, 3.05) is 6.54 Å². The maximum Gasteiger partial charge on any atom is 0.248 e. The Balaban J connectivity index is 1.48. The molecule has 0 spiro atoms. The summed E-state index contributed by atoms with van der Waals surface area (Å²) < 4.78 is 44.8. The van der Waals surface area contributed by atoms with Crippen molar-refractivity contribution < 1.29 is 22.5 Å². The molecule has 0 bridgehead atoms. The molecule has 1 heterocycles. The Kier molecular flexibility index (Phi) is 4.78. The van der Waals surface area contributed by atoms with E-state index in [4.69, 9.17) is 4.52 Å². The summed E-state index contributed by atoms with van der Waals surface area (Å²) in [5, 5.41) is 7.31. The molecule has 0 aliphatic heterocycles. The molecule has 130 valence electrons. The lowest BCUT2D eigenvalue weighted by Gasteiger charge is -2.28. The molecule has 1 atom stereocenters. The van der Waals surface area contributed by atoms with Gasteiger partial charge >= 0.3 is 0 Å². The summed E-state index contributed by atoms with van der Waals surface area (Å²) in [6.45, 7) is 0.334. The first-order chi connectivity index (χ1) is 11.4. The van der Waals surface area contributed by atoms with Crippen LogP contribution in [0, 0.1) is 11.7 Å². The summed E-state index contributed by atoms with van der Waals surface area (Å²) in [6.07, 6.45) is 1.41. The number of benzene rings is 1. The van der Waals surface area contributed by atoms with Crippen LogP contribution >= 0.6 is 0 Å². The van der Waals surface area contributed by atoms with E-state index in [9.17, 15) is 18.0 Å².